The van der Waals surface area contributed by atoms with Crippen LogP contribution in [0.25, 0.3) is 44.1 Å². The lowest BCUT2D eigenvalue weighted by molar-refractivity contribution is 0.312. The first-order valence-electron chi connectivity index (χ1n) is 25.2. The number of aromatic amines is 1. The number of aryl methyl sites for hydroxylation is 3. The standard InChI is InChI=1S/C33H26Cl2N4O3.C27H23Cl2N4O4P/c1-21-7-5-10-24(15-21)19-39-31-28(32(40)38(33(39)41)14-12-23-16-25(34)18-26(35)17-23)30(29-27(37-31)11-6-13-36-29)42-20-22-8-3-2-4-9-22;1-38(2,37)20-6-3-5-17(13-20)15-33-25-22(24(34)23-21(31-25)7-4-9-30-23)26(35)32(27(33)36)10-8-16-11-18(28)14-19(29)12-16/h2-11,13,15-18H,12,14,19-20H2,1H3;3-7,9,11-14H,8,10,15H2,1-2H3,(H,31,34). The number of halogens is 4. The van der Waals surface area contributed by atoms with E-state index in [4.69, 9.17) is 56.1 Å². The third kappa shape index (κ3) is 12.0. The summed E-state index contributed by atoms with van der Waals surface area (Å²) < 4.78 is 24.2. The molecule has 6 heterocycles. The van der Waals surface area contributed by atoms with Crippen molar-refractivity contribution >= 4 is 103 Å². The summed E-state index contributed by atoms with van der Waals surface area (Å²) in [6.07, 6.45) is 3.76. The summed E-state index contributed by atoms with van der Waals surface area (Å²) in [5.74, 6) is 0.294. The number of nitrogens with one attached hydrogen (secondary N) is 1. The Kier molecular flexibility index (Phi) is 16.2. The molecule has 11 aromatic rings. The first-order valence-corrected chi connectivity index (χ1v) is 29.3. The van der Waals surface area contributed by atoms with Gasteiger partial charge in [-0.05, 0) is 128 Å². The van der Waals surface area contributed by atoms with Crippen LogP contribution >= 0.6 is 53.5 Å². The largest absolute Gasteiger partial charge is 0.486 e. The van der Waals surface area contributed by atoms with E-state index in [1.165, 1.54) is 19.9 Å². The quantitative estimate of drug-likeness (QED) is 0.0811. The lowest BCUT2D eigenvalue weighted by Crippen LogP contribution is -2.42. The van der Waals surface area contributed by atoms with Gasteiger partial charge in [-0.2, -0.15) is 0 Å². The van der Waals surface area contributed by atoms with Crippen LogP contribution < -0.4 is 38.0 Å². The van der Waals surface area contributed by atoms with Crippen LogP contribution in [-0.4, -0.2) is 51.5 Å². The maximum Gasteiger partial charge on any atom is 0.332 e. The average Bonchev–Trinajstić information content (AvgIpc) is 3.54. The number of hydrogen-bond donors (Lipinski definition) is 1. The zero-order valence-corrected chi connectivity index (χ0v) is 47.2. The fourth-order valence-electron chi connectivity index (χ4n) is 9.58. The van der Waals surface area contributed by atoms with Crippen LogP contribution in [0, 0.1) is 6.92 Å². The van der Waals surface area contributed by atoms with Crippen molar-refractivity contribution in [3.8, 4) is 5.75 Å². The zero-order valence-electron chi connectivity index (χ0n) is 43.3. The van der Waals surface area contributed by atoms with Gasteiger partial charge in [-0.15, -0.1) is 0 Å². The molecule has 5 aromatic carbocycles. The smallest absolute Gasteiger partial charge is 0.332 e. The third-order valence-electron chi connectivity index (χ3n) is 13.4. The number of H-pyrrole nitrogens is 1. The maximum absolute atomic E-state index is 14.2. The molecule has 1 N–H and O–H groups in total. The fraction of sp³-hybridized carbons (Fsp3) is 0.167. The lowest BCUT2D eigenvalue weighted by atomic mass is 10.1. The number of pyridine rings is 4. The predicted molar refractivity (Wildman–Crippen MR) is 320 cm³/mol. The molecule has 11 rings (SSSR count). The minimum Gasteiger partial charge on any atom is -0.486 e. The van der Waals surface area contributed by atoms with Crippen LogP contribution in [0.2, 0.25) is 20.1 Å². The number of hydrogen-bond acceptors (Lipinski definition) is 10. The van der Waals surface area contributed by atoms with E-state index < -0.39 is 35.1 Å². The van der Waals surface area contributed by atoms with Gasteiger partial charge in [-0.1, -0.05) is 125 Å². The molecule has 0 atom stereocenters. The highest BCUT2D eigenvalue weighted by Gasteiger charge is 2.24. The fourth-order valence-corrected chi connectivity index (χ4v) is 11.6. The Balaban J connectivity index is 0.000000181. The molecular weight excluding hydrogens is 1120 g/mol. The van der Waals surface area contributed by atoms with Gasteiger partial charge in [0.2, 0.25) is 5.43 Å². The number of aromatic nitrogens is 8. The highest BCUT2D eigenvalue weighted by Crippen LogP contribution is 2.35. The Morgan fingerprint density at radius 1 is 0.550 bits per heavy atom. The summed E-state index contributed by atoms with van der Waals surface area (Å²) in [6, 6.07) is 41.8. The van der Waals surface area contributed by atoms with E-state index in [0.29, 0.717) is 59.7 Å². The molecular formula is C60H49Cl4N8O7P. The highest BCUT2D eigenvalue weighted by molar-refractivity contribution is 7.70. The summed E-state index contributed by atoms with van der Waals surface area (Å²) in [4.78, 5) is 85.6. The van der Waals surface area contributed by atoms with Crippen molar-refractivity contribution in [3.05, 3.63) is 257 Å². The van der Waals surface area contributed by atoms with Crippen LogP contribution in [0.4, 0.5) is 0 Å². The number of fused-ring (bicyclic) bond motifs is 4. The Hall–Kier alpha value is -7.91. The van der Waals surface area contributed by atoms with Gasteiger partial charge in [0.05, 0.1) is 24.1 Å². The molecule has 15 nitrogen and oxygen atoms in total. The third-order valence-corrected chi connectivity index (χ3v) is 15.8. The topological polar surface area (TPSA) is 186 Å². The summed E-state index contributed by atoms with van der Waals surface area (Å²) >= 11 is 24.7. The molecule has 20 heteroatoms. The SMILES string of the molecule is CP(C)(=O)c1cccc(Cn2c(=O)n(CCc3cc(Cl)cc(Cl)c3)c(=O)c3c(=O)c4ncccc4[nH]c32)c1.Cc1cccc(Cn2c(=O)n(CCc3cc(Cl)cc(Cl)c3)c(=O)c3c(OCc4ccccc4)c4ncccc4nc32)c1. The van der Waals surface area contributed by atoms with Crippen molar-refractivity contribution in [2.45, 2.75) is 52.6 Å². The molecule has 404 valence electrons. The molecule has 0 amide bonds. The van der Waals surface area contributed by atoms with Crippen LogP contribution in [0.3, 0.4) is 0 Å². The molecule has 0 radical (unpaired) electrons. The van der Waals surface area contributed by atoms with Crippen molar-refractivity contribution in [3.63, 3.8) is 0 Å². The minimum absolute atomic E-state index is 0.00311. The molecule has 0 aliphatic rings. The van der Waals surface area contributed by atoms with Crippen molar-refractivity contribution in [1.29, 1.82) is 0 Å². The van der Waals surface area contributed by atoms with Gasteiger partial charge in [0.25, 0.3) is 11.1 Å². The van der Waals surface area contributed by atoms with E-state index in [0.717, 1.165) is 32.4 Å². The van der Waals surface area contributed by atoms with E-state index in [2.05, 4.69) is 15.0 Å². The Morgan fingerprint density at radius 3 is 1.73 bits per heavy atom. The monoisotopic (exact) mass is 1160 g/mol. The summed E-state index contributed by atoms with van der Waals surface area (Å²) in [7, 11) is -2.55. The molecule has 0 aliphatic heterocycles. The minimum atomic E-state index is -2.55. The first-order chi connectivity index (χ1) is 38.4. The summed E-state index contributed by atoms with van der Waals surface area (Å²) in [6.45, 7) is 5.93. The van der Waals surface area contributed by atoms with Crippen molar-refractivity contribution < 1.29 is 9.30 Å². The van der Waals surface area contributed by atoms with Crippen molar-refractivity contribution in [2.75, 3.05) is 13.3 Å². The normalized spacial score (nSPS) is 11.6. The van der Waals surface area contributed by atoms with E-state index in [-0.39, 0.29) is 66.8 Å². The Bertz CT molecular complexity index is 4550. The van der Waals surface area contributed by atoms with Gasteiger partial charge < -0.3 is 14.3 Å². The van der Waals surface area contributed by atoms with Crippen molar-refractivity contribution in [2.24, 2.45) is 0 Å². The second-order valence-corrected chi connectivity index (χ2v) is 24.5. The highest BCUT2D eigenvalue weighted by atomic mass is 35.5. The second-order valence-electron chi connectivity index (χ2n) is 19.6. The number of benzene rings is 5. The van der Waals surface area contributed by atoms with Gasteiger partial charge in [-0.3, -0.25) is 42.6 Å². The van der Waals surface area contributed by atoms with Crippen LogP contribution in [0.5, 0.6) is 5.75 Å². The molecule has 6 aromatic heterocycles. The van der Waals surface area contributed by atoms with E-state index in [1.54, 1.807) is 98.4 Å². The average molecular weight is 1170 g/mol. The zero-order chi connectivity index (χ0) is 56.4. The van der Waals surface area contributed by atoms with Gasteiger partial charge >= 0.3 is 11.4 Å². The van der Waals surface area contributed by atoms with Crippen LogP contribution in [0.15, 0.2) is 176 Å². The van der Waals surface area contributed by atoms with Crippen molar-refractivity contribution in [1.82, 2.24) is 38.2 Å². The summed E-state index contributed by atoms with van der Waals surface area (Å²) in [5.41, 5.74) is 4.18. The van der Waals surface area contributed by atoms with Crippen LogP contribution in [-0.2, 0) is 50.2 Å². The first kappa shape index (κ1) is 55.4. The molecule has 0 bridgehead atoms. The second kappa shape index (κ2) is 23.4. The molecule has 0 saturated carbocycles. The predicted octanol–water partition coefficient (Wildman–Crippen LogP) is 10.8. The van der Waals surface area contributed by atoms with E-state index >= 15 is 0 Å². The molecule has 0 fully saturated rings. The molecule has 0 saturated heterocycles. The van der Waals surface area contributed by atoms with Gasteiger partial charge in [-0.25, -0.2) is 14.6 Å². The molecule has 0 unspecified atom stereocenters. The number of nitrogens with zero attached hydrogens (tertiary/aromatic N) is 7. The lowest BCUT2D eigenvalue weighted by Gasteiger charge is -2.17. The van der Waals surface area contributed by atoms with E-state index in [1.807, 2.05) is 67.6 Å². The van der Waals surface area contributed by atoms with Gasteiger partial charge in [0.15, 0.2) is 11.4 Å². The number of ether oxygens (including phenoxy) is 1. The van der Waals surface area contributed by atoms with Gasteiger partial charge in [0.1, 0.15) is 41.2 Å². The number of rotatable bonds is 14. The Morgan fingerprint density at radius 2 is 1.10 bits per heavy atom. The van der Waals surface area contributed by atoms with E-state index in [9.17, 15) is 28.5 Å². The Labute approximate surface area is 476 Å². The molecule has 0 spiro atoms. The molecule has 0 aliphatic carbocycles. The summed E-state index contributed by atoms with van der Waals surface area (Å²) in [5, 5.41) is 2.56. The van der Waals surface area contributed by atoms with Gasteiger partial charge in [0, 0.05) is 50.9 Å². The molecule has 80 heavy (non-hydrogen) atoms. The maximum atomic E-state index is 14.2. The van der Waals surface area contributed by atoms with Crippen LogP contribution in [0.1, 0.15) is 33.4 Å².